The molecule has 0 aliphatic carbocycles. The quantitative estimate of drug-likeness (QED) is 0.841. The first-order valence-corrected chi connectivity index (χ1v) is 6.08. The molecule has 0 unspecified atom stereocenters. The van der Waals surface area contributed by atoms with E-state index in [0.717, 1.165) is 0 Å². The molecule has 0 saturated carbocycles. The van der Waals surface area contributed by atoms with Crippen LogP contribution in [0.4, 0.5) is 5.69 Å². The lowest BCUT2D eigenvalue weighted by Gasteiger charge is -2.08. The number of aromatic nitrogens is 1. The molecule has 1 N–H and O–H groups in total. The van der Waals surface area contributed by atoms with Gasteiger partial charge >= 0.3 is 0 Å². The van der Waals surface area contributed by atoms with Crippen molar-refractivity contribution in [1.82, 2.24) is 4.98 Å². The molecule has 2 rings (SSSR count). The number of nitrogens with zero attached hydrogens (tertiary/aromatic N) is 1. The highest BCUT2D eigenvalue weighted by molar-refractivity contribution is 6.44. The highest BCUT2D eigenvalue weighted by Crippen LogP contribution is 2.29. The average molecular weight is 302 g/mol. The molecule has 92 valence electrons. The number of anilines is 1. The number of hydrogen-bond donors (Lipinski definition) is 1. The number of carbonyl (C=O) groups excluding carboxylic acids is 1. The topological polar surface area (TPSA) is 42.0 Å². The minimum atomic E-state index is -0.330. The highest BCUT2D eigenvalue weighted by Gasteiger charge is 2.10. The number of pyridine rings is 1. The SMILES string of the molecule is O=C(Nc1cccc(Cl)c1Cl)c1ccnc(Cl)c1. The average Bonchev–Trinajstić information content (AvgIpc) is 2.35. The molecule has 0 aliphatic rings. The summed E-state index contributed by atoms with van der Waals surface area (Å²) in [7, 11) is 0. The van der Waals surface area contributed by atoms with Crippen LogP contribution in [0.3, 0.4) is 0 Å². The summed E-state index contributed by atoms with van der Waals surface area (Å²) in [6, 6.07) is 8.02. The lowest BCUT2D eigenvalue weighted by molar-refractivity contribution is 0.102. The van der Waals surface area contributed by atoms with Crippen LogP contribution in [0.5, 0.6) is 0 Å². The number of nitrogens with one attached hydrogen (secondary N) is 1. The molecule has 0 saturated heterocycles. The summed E-state index contributed by atoms with van der Waals surface area (Å²) in [4.78, 5) is 15.7. The van der Waals surface area contributed by atoms with Crippen LogP contribution in [0.15, 0.2) is 36.5 Å². The molecule has 0 bridgehead atoms. The normalized spacial score (nSPS) is 10.2. The van der Waals surface area contributed by atoms with Crippen molar-refractivity contribution < 1.29 is 4.79 Å². The van der Waals surface area contributed by atoms with Crippen molar-refractivity contribution in [1.29, 1.82) is 0 Å². The van der Waals surface area contributed by atoms with Gasteiger partial charge in [-0.3, -0.25) is 4.79 Å². The van der Waals surface area contributed by atoms with Gasteiger partial charge in [0.25, 0.3) is 5.91 Å². The lowest BCUT2D eigenvalue weighted by atomic mass is 10.2. The van der Waals surface area contributed by atoms with Gasteiger partial charge in [0.15, 0.2) is 0 Å². The molecule has 1 heterocycles. The highest BCUT2D eigenvalue weighted by atomic mass is 35.5. The fraction of sp³-hybridized carbons (Fsp3) is 0. The molecular formula is C12H7Cl3N2O. The largest absolute Gasteiger partial charge is 0.321 e. The Bertz CT molecular complexity index is 602. The fourth-order valence-corrected chi connectivity index (χ4v) is 1.86. The predicted molar refractivity (Wildman–Crippen MR) is 73.7 cm³/mol. The Morgan fingerprint density at radius 2 is 1.94 bits per heavy atom. The van der Waals surface area contributed by atoms with Crippen molar-refractivity contribution in [3.05, 3.63) is 57.3 Å². The number of carbonyl (C=O) groups is 1. The van der Waals surface area contributed by atoms with Crippen molar-refractivity contribution in [3.63, 3.8) is 0 Å². The van der Waals surface area contributed by atoms with E-state index in [1.165, 1.54) is 12.3 Å². The van der Waals surface area contributed by atoms with Crippen molar-refractivity contribution in [2.45, 2.75) is 0 Å². The van der Waals surface area contributed by atoms with E-state index in [-0.39, 0.29) is 11.1 Å². The van der Waals surface area contributed by atoms with Crippen molar-refractivity contribution in [2.24, 2.45) is 0 Å². The van der Waals surface area contributed by atoms with Crippen LogP contribution in [0.25, 0.3) is 0 Å². The van der Waals surface area contributed by atoms with Gasteiger partial charge in [0.2, 0.25) is 0 Å². The number of hydrogen-bond acceptors (Lipinski definition) is 2. The van der Waals surface area contributed by atoms with Crippen LogP contribution in [0, 0.1) is 0 Å². The van der Waals surface area contributed by atoms with E-state index in [2.05, 4.69) is 10.3 Å². The second-order valence-corrected chi connectivity index (χ2v) is 4.60. The molecule has 2 aromatic rings. The van der Waals surface area contributed by atoms with Gasteiger partial charge in [-0.25, -0.2) is 4.98 Å². The zero-order valence-corrected chi connectivity index (χ0v) is 11.2. The van der Waals surface area contributed by atoms with E-state index >= 15 is 0 Å². The molecule has 1 aromatic carbocycles. The van der Waals surface area contributed by atoms with E-state index in [4.69, 9.17) is 34.8 Å². The Hall–Kier alpha value is -1.29. The summed E-state index contributed by atoms with van der Waals surface area (Å²) in [6.07, 6.45) is 1.46. The zero-order valence-electron chi connectivity index (χ0n) is 8.95. The van der Waals surface area contributed by atoms with Gasteiger partial charge in [0.05, 0.1) is 15.7 Å². The molecule has 0 aliphatic heterocycles. The number of amides is 1. The predicted octanol–water partition coefficient (Wildman–Crippen LogP) is 4.29. The van der Waals surface area contributed by atoms with Gasteiger partial charge in [-0.05, 0) is 24.3 Å². The van der Waals surface area contributed by atoms with Crippen LogP contribution < -0.4 is 5.32 Å². The van der Waals surface area contributed by atoms with Gasteiger partial charge in [0, 0.05) is 11.8 Å². The van der Waals surface area contributed by atoms with E-state index in [1.54, 1.807) is 24.3 Å². The van der Waals surface area contributed by atoms with E-state index in [9.17, 15) is 4.79 Å². The first-order chi connectivity index (χ1) is 8.58. The lowest BCUT2D eigenvalue weighted by Crippen LogP contribution is -2.12. The summed E-state index contributed by atoms with van der Waals surface area (Å²) in [6.45, 7) is 0. The first kappa shape index (κ1) is 13.1. The number of benzene rings is 1. The summed E-state index contributed by atoms with van der Waals surface area (Å²) in [5.41, 5.74) is 0.841. The van der Waals surface area contributed by atoms with Gasteiger partial charge < -0.3 is 5.32 Å². The summed E-state index contributed by atoms with van der Waals surface area (Å²) < 4.78 is 0. The Morgan fingerprint density at radius 3 is 2.67 bits per heavy atom. The Labute approximate surface area is 119 Å². The van der Waals surface area contributed by atoms with Crippen LogP contribution >= 0.6 is 34.8 Å². The second kappa shape index (κ2) is 5.57. The smallest absolute Gasteiger partial charge is 0.255 e. The molecule has 1 aromatic heterocycles. The number of rotatable bonds is 2. The molecule has 0 spiro atoms. The minimum absolute atomic E-state index is 0.250. The van der Waals surface area contributed by atoms with E-state index in [1.807, 2.05) is 0 Å². The maximum absolute atomic E-state index is 11.9. The van der Waals surface area contributed by atoms with Crippen molar-refractivity contribution in [3.8, 4) is 0 Å². The maximum atomic E-state index is 11.9. The zero-order chi connectivity index (χ0) is 13.1. The standard InChI is InChI=1S/C12H7Cl3N2O/c13-8-2-1-3-9(11(8)15)17-12(18)7-4-5-16-10(14)6-7/h1-6H,(H,17,18). The number of halogens is 3. The van der Waals surface area contributed by atoms with E-state index in [0.29, 0.717) is 21.3 Å². The van der Waals surface area contributed by atoms with Crippen molar-refractivity contribution >= 4 is 46.4 Å². The molecule has 18 heavy (non-hydrogen) atoms. The molecule has 0 atom stereocenters. The Balaban J connectivity index is 2.24. The summed E-state index contributed by atoms with van der Waals surface area (Å²) >= 11 is 17.5. The van der Waals surface area contributed by atoms with Crippen LogP contribution in [0.2, 0.25) is 15.2 Å². The first-order valence-electron chi connectivity index (χ1n) is 4.95. The third kappa shape index (κ3) is 2.93. The van der Waals surface area contributed by atoms with Gasteiger partial charge in [-0.15, -0.1) is 0 Å². The van der Waals surface area contributed by atoms with Crippen LogP contribution in [-0.2, 0) is 0 Å². The maximum Gasteiger partial charge on any atom is 0.255 e. The van der Waals surface area contributed by atoms with Gasteiger partial charge in [-0.2, -0.15) is 0 Å². The van der Waals surface area contributed by atoms with Gasteiger partial charge in [-0.1, -0.05) is 40.9 Å². The van der Waals surface area contributed by atoms with E-state index < -0.39 is 0 Å². The Morgan fingerprint density at radius 1 is 1.17 bits per heavy atom. The van der Waals surface area contributed by atoms with Gasteiger partial charge in [0.1, 0.15) is 5.15 Å². The second-order valence-electron chi connectivity index (χ2n) is 3.42. The fourth-order valence-electron chi connectivity index (χ4n) is 1.34. The third-order valence-electron chi connectivity index (χ3n) is 2.19. The summed E-state index contributed by atoms with van der Waals surface area (Å²) in [5, 5.41) is 3.58. The van der Waals surface area contributed by atoms with Crippen LogP contribution in [-0.4, -0.2) is 10.9 Å². The monoisotopic (exact) mass is 300 g/mol. The molecule has 3 nitrogen and oxygen atoms in total. The molecular weight excluding hydrogens is 295 g/mol. The summed E-state index contributed by atoms with van der Waals surface area (Å²) in [5.74, 6) is -0.330. The minimum Gasteiger partial charge on any atom is -0.321 e. The molecule has 6 heteroatoms. The molecule has 0 fully saturated rings. The van der Waals surface area contributed by atoms with Crippen LogP contribution in [0.1, 0.15) is 10.4 Å². The van der Waals surface area contributed by atoms with Crippen molar-refractivity contribution in [2.75, 3.05) is 5.32 Å². The molecule has 0 radical (unpaired) electrons. The molecule has 1 amide bonds. The third-order valence-corrected chi connectivity index (χ3v) is 3.21. The Kier molecular flexibility index (Phi) is 4.07.